The van der Waals surface area contributed by atoms with E-state index in [1.807, 2.05) is 20.8 Å². The van der Waals surface area contributed by atoms with Gasteiger partial charge in [-0.15, -0.1) is 0 Å². The first-order valence-corrected chi connectivity index (χ1v) is 13.1. The maximum absolute atomic E-state index is 13.3. The minimum absolute atomic E-state index is 0.0989. The minimum atomic E-state index is -1.97. The topological polar surface area (TPSA) is 159 Å². The lowest BCUT2D eigenvalue weighted by Gasteiger charge is -2.64. The molecule has 0 radical (unpaired) electrons. The monoisotopic (exact) mass is 496 g/mol. The second-order valence-corrected chi connectivity index (χ2v) is 13.1. The fourth-order valence-electron chi connectivity index (χ4n) is 8.42. The van der Waals surface area contributed by atoms with Crippen LogP contribution in [0.2, 0.25) is 0 Å². The molecule has 0 aromatic carbocycles. The molecule has 0 aromatic rings. The van der Waals surface area contributed by atoms with Gasteiger partial charge < -0.3 is 35.7 Å². The van der Waals surface area contributed by atoms with Crippen molar-refractivity contribution in [2.45, 2.75) is 121 Å². The summed E-state index contributed by atoms with van der Waals surface area (Å²) in [4.78, 5) is 13.3. The molecule has 7 N–H and O–H groups in total. The standard InChI is InChI=1S/C27H44O8/c1-14(2)6-7-20(31)25(5,33)19-8-9-26(34)15-10-21(32)27(35)13-17(29)16(28)11-24(27,4)22(15)18(30)12-23(19,26)3/h10,14,16-20,22,28-31,33-35H,6-9,11-13H2,1-5H3/t16-,17+,18-,19-,20-,22+,23+,24-,25-,26-,27-/m1/s1. The van der Waals surface area contributed by atoms with Gasteiger partial charge in [0, 0.05) is 23.2 Å². The number of hydrogen-bond donors (Lipinski definition) is 7. The predicted octanol–water partition coefficient (Wildman–Crippen LogP) is 0.825. The normalized spacial score (nSPS) is 50.1. The Hall–Kier alpha value is -0.870. The van der Waals surface area contributed by atoms with Crippen LogP contribution in [0, 0.1) is 28.6 Å². The van der Waals surface area contributed by atoms with Crippen molar-refractivity contribution in [3.05, 3.63) is 11.6 Å². The van der Waals surface area contributed by atoms with Crippen molar-refractivity contribution in [1.29, 1.82) is 0 Å². The van der Waals surface area contributed by atoms with Gasteiger partial charge in [-0.2, -0.15) is 0 Å². The summed E-state index contributed by atoms with van der Waals surface area (Å²) in [7, 11) is 0. The van der Waals surface area contributed by atoms with Crippen LogP contribution in [-0.2, 0) is 4.79 Å². The fourth-order valence-corrected chi connectivity index (χ4v) is 8.42. The largest absolute Gasteiger partial charge is 0.392 e. The smallest absolute Gasteiger partial charge is 0.187 e. The van der Waals surface area contributed by atoms with Crippen molar-refractivity contribution in [3.8, 4) is 0 Å². The number of carbonyl (C=O) groups is 1. The van der Waals surface area contributed by atoms with Gasteiger partial charge in [0.25, 0.3) is 0 Å². The van der Waals surface area contributed by atoms with Crippen molar-refractivity contribution in [2.24, 2.45) is 28.6 Å². The van der Waals surface area contributed by atoms with Crippen molar-refractivity contribution < 1.29 is 40.5 Å². The summed E-state index contributed by atoms with van der Waals surface area (Å²) in [5.74, 6) is -1.63. The van der Waals surface area contributed by atoms with E-state index in [4.69, 9.17) is 0 Å². The molecule has 4 rings (SSSR count). The summed E-state index contributed by atoms with van der Waals surface area (Å²) >= 11 is 0. The molecule has 0 saturated heterocycles. The number of carbonyl (C=O) groups excluding carboxylic acids is 1. The molecule has 200 valence electrons. The zero-order chi connectivity index (χ0) is 26.4. The highest BCUT2D eigenvalue weighted by Crippen LogP contribution is 2.69. The molecule has 4 aliphatic rings. The van der Waals surface area contributed by atoms with Gasteiger partial charge in [0.1, 0.15) is 5.60 Å². The van der Waals surface area contributed by atoms with E-state index >= 15 is 0 Å². The highest BCUT2D eigenvalue weighted by molar-refractivity contribution is 6.00. The Morgan fingerprint density at radius 3 is 2.14 bits per heavy atom. The first kappa shape index (κ1) is 27.2. The van der Waals surface area contributed by atoms with Gasteiger partial charge in [0.15, 0.2) is 5.78 Å². The van der Waals surface area contributed by atoms with E-state index in [1.54, 1.807) is 13.8 Å². The maximum atomic E-state index is 13.3. The molecule has 11 atom stereocenters. The van der Waals surface area contributed by atoms with E-state index in [1.165, 1.54) is 6.08 Å². The summed E-state index contributed by atoms with van der Waals surface area (Å²) < 4.78 is 0. The van der Waals surface area contributed by atoms with Gasteiger partial charge in [-0.3, -0.25) is 4.79 Å². The van der Waals surface area contributed by atoms with Crippen LogP contribution in [-0.4, -0.2) is 82.7 Å². The van der Waals surface area contributed by atoms with E-state index in [9.17, 15) is 40.5 Å². The van der Waals surface area contributed by atoms with Crippen LogP contribution >= 0.6 is 0 Å². The first-order valence-electron chi connectivity index (χ1n) is 13.1. The van der Waals surface area contributed by atoms with Crippen molar-refractivity contribution in [3.63, 3.8) is 0 Å². The molecule has 35 heavy (non-hydrogen) atoms. The Kier molecular flexibility index (Phi) is 6.46. The molecule has 0 aromatic heterocycles. The summed E-state index contributed by atoms with van der Waals surface area (Å²) in [6.07, 6.45) is -1.83. The highest BCUT2D eigenvalue weighted by atomic mass is 16.3. The molecule has 4 aliphatic carbocycles. The lowest BCUT2D eigenvalue weighted by molar-refractivity contribution is -0.228. The summed E-state index contributed by atoms with van der Waals surface area (Å²) in [6.45, 7) is 9.14. The molecule has 8 nitrogen and oxygen atoms in total. The molecular formula is C27H44O8. The fraction of sp³-hybridized carbons (Fsp3) is 0.889. The molecule has 0 amide bonds. The quantitative estimate of drug-likeness (QED) is 0.295. The van der Waals surface area contributed by atoms with Crippen LogP contribution in [0.4, 0.5) is 0 Å². The van der Waals surface area contributed by atoms with E-state index in [0.717, 1.165) is 6.42 Å². The summed E-state index contributed by atoms with van der Waals surface area (Å²) in [5, 5.41) is 78.4. The second-order valence-electron chi connectivity index (χ2n) is 13.1. The van der Waals surface area contributed by atoms with Crippen LogP contribution in [0.3, 0.4) is 0 Å². The van der Waals surface area contributed by atoms with E-state index in [0.29, 0.717) is 24.3 Å². The molecule has 3 fully saturated rings. The Morgan fingerprint density at radius 2 is 1.54 bits per heavy atom. The van der Waals surface area contributed by atoms with Gasteiger partial charge in [-0.25, -0.2) is 0 Å². The number of hydrogen-bond acceptors (Lipinski definition) is 8. The molecule has 3 saturated carbocycles. The van der Waals surface area contributed by atoms with Crippen LogP contribution in [0.1, 0.15) is 79.6 Å². The third kappa shape index (κ3) is 3.55. The molecule has 0 heterocycles. The number of ketones is 1. The van der Waals surface area contributed by atoms with Crippen molar-refractivity contribution in [1.82, 2.24) is 0 Å². The van der Waals surface area contributed by atoms with Crippen LogP contribution < -0.4 is 0 Å². The zero-order valence-corrected chi connectivity index (χ0v) is 21.6. The SMILES string of the molecule is CC(C)CC[C@@H](O)[C@](C)(O)[C@@H]1CC[C@@]2(O)C3=CC(=O)[C@]4(O)C[C@H](O)[C@H](O)C[C@]4(C)[C@@H]3[C@H](O)C[C@@]12C. The van der Waals surface area contributed by atoms with E-state index in [2.05, 4.69) is 0 Å². The Bertz CT molecular complexity index is 900. The Morgan fingerprint density at radius 1 is 0.971 bits per heavy atom. The number of aliphatic hydroxyl groups excluding tert-OH is 4. The molecular weight excluding hydrogens is 452 g/mol. The second kappa shape index (κ2) is 8.32. The molecule has 0 spiro atoms. The van der Waals surface area contributed by atoms with Gasteiger partial charge in [0.05, 0.1) is 35.6 Å². The third-order valence-corrected chi connectivity index (χ3v) is 10.6. The number of rotatable bonds is 5. The minimum Gasteiger partial charge on any atom is -0.392 e. The molecule has 0 unspecified atom stereocenters. The van der Waals surface area contributed by atoms with Crippen molar-refractivity contribution >= 4 is 5.78 Å². The number of fused-ring (bicyclic) bond motifs is 5. The van der Waals surface area contributed by atoms with Crippen molar-refractivity contribution in [2.75, 3.05) is 0 Å². The zero-order valence-electron chi connectivity index (χ0n) is 21.6. The molecule has 0 bridgehead atoms. The Balaban J connectivity index is 1.76. The van der Waals surface area contributed by atoms with Gasteiger partial charge in [0.2, 0.25) is 0 Å². The lowest BCUT2D eigenvalue weighted by Crippen LogP contribution is -2.71. The van der Waals surface area contributed by atoms with E-state index < -0.39 is 69.7 Å². The summed E-state index contributed by atoms with van der Waals surface area (Å²) in [6, 6.07) is 0. The molecule has 0 aliphatic heterocycles. The van der Waals surface area contributed by atoms with Gasteiger partial charge in [-0.1, -0.05) is 27.7 Å². The summed E-state index contributed by atoms with van der Waals surface area (Å²) in [5.41, 5.74) is -7.02. The third-order valence-electron chi connectivity index (χ3n) is 10.6. The van der Waals surface area contributed by atoms with Crippen LogP contribution in [0.25, 0.3) is 0 Å². The number of aliphatic hydroxyl groups is 7. The van der Waals surface area contributed by atoms with E-state index in [-0.39, 0.29) is 25.7 Å². The van der Waals surface area contributed by atoms with Crippen LogP contribution in [0.15, 0.2) is 11.6 Å². The van der Waals surface area contributed by atoms with Crippen LogP contribution in [0.5, 0.6) is 0 Å². The van der Waals surface area contributed by atoms with Gasteiger partial charge >= 0.3 is 0 Å². The average Bonchev–Trinajstić information content (AvgIpc) is 3.01. The van der Waals surface area contributed by atoms with Gasteiger partial charge in [-0.05, 0) is 68.9 Å². The Labute approximate surface area is 207 Å². The molecule has 8 heteroatoms. The lowest BCUT2D eigenvalue weighted by atomic mass is 9.43. The highest BCUT2D eigenvalue weighted by Gasteiger charge is 2.73. The first-order chi connectivity index (χ1) is 16.0. The average molecular weight is 497 g/mol. The predicted molar refractivity (Wildman–Crippen MR) is 128 cm³/mol. The maximum Gasteiger partial charge on any atom is 0.187 e.